The van der Waals surface area contributed by atoms with E-state index in [1.165, 1.54) is 0 Å². The molecule has 4 rings (SSSR count). The van der Waals surface area contributed by atoms with Gasteiger partial charge < -0.3 is 37.4 Å². The Morgan fingerprint density at radius 1 is 0.450 bits per heavy atom. The first kappa shape index (κ1) is 46.4. The van der Waals surface area contributed by atoms with Gasteiger partial charge in [-0.2, -0.15) is 0 Å². The van der Waals surface area contributed by atoms with Crippen molar-refractivity contribution < 1.29 is 33.9 Å². The van der Waals surface area contributed by atoms with Crippen LogP contribution >= 0.6 is 0 Å². The van der Waals surface area contributed by atoms with Crippen molar-refractivity contribution >= 4 is 35.4 Å². The molecule has 0 aliphatic carbocycles. The van der Waals surface area contributed by atoms with Crippen molar-refractivity contribution in [3.63, 3.8) is 0 Å². The van der Waals surface area contributed by atoms with Crippen molar-refractivity contribution in [2.45, 2.75) is 96.1 Å². The van der Waals surface area contributed by atoms with E-state index in [9.17, 15) is 33.9 Å². The van der Waals surface area contributed by atoms with Crippen LogP contribution in [0.2, 0.25) is 0 Å². The van der Waals surface area contributed by atoms with Gasteiger partial charge in [0.05, 0.1) is 0 Å². The highest BCUT2D eigenvalue weighted by Crippen LogP contribution is 2.12. The van der Waals surface area contributed by atoms with E-state index >= 15 is 0 Å². The van der Waals surface area contributed by atoms with Crippen LogP contribution in [0.15, 0.2) is 121 Å². The molecule has 0 bridgehead atoms. The summed E-state index contributed by atoms with van der Waals surface area (Å²) in [5.74, 6) is -4.43. The van der Waals surface area contributed by atoms with Gasteiger partial charge >= 0.3 is 0 Å². The molecule has 0 fully saturated rings. The van der Waals surface area contributed by atoms with Gasteiger partial charge in [-0.3, -0.25) is 28.8 Å². The molecule has 4 aromatic rings. The Labute approximate surface area is 352 Å². The number of carbonyl (C=O) groups is 6. The molecule has 0 aromatic heterocycles. The molecule has 8 N–H and O–H groups in total. The monoisotopic (exact) mass is 818 g/mol. The fourth-order valence-corrected chi connectivity index (χ4v) is 6.69. The lowest BCUT2D eigenvalue weighted by atomic mass is 9.98. The molecule has 60 heavy (non-hydrogen) atoms. The average Bonchev–Trinajstić information content (AvgIpc) is 3.22. The minimum Gasteiger partial charge on any atom is -0.383 e. The first-order valence-electron chi connectivity index (χ1n) is 20.3. The van der Waals surface area contributed by atoms with E-state index in [2.05, 4.69) is 26.6 Å². The summed E-state index contributed by atoms with van der Waals surface area (Å²) in [4.78, 5) is 81.9. The van der Waals surface area contributed by atoms with Crippen LogP contribution < -0.4 is 32.3 Å². The van der Waals surface area contributed by atoms with Gasteiger partial charge in [0.25, 0.3) is 0 Å². The molecular formula is C47H58N6O7. The number of aliphatic hydroxyl groups is 1. The number of hydrogen-bond donors (Lipinski definition) is 7. The summed E-state index contributed by atoms with van der Waals surface area (Å²) in [5.41, 5.74) is 8.49. The van der Waals surface area contributed by atoms with Crippen LogP contribution in [0.1, 0.15) is 56.4 Å². The zero-order valence-corrected chi connectivity index (χ0v) is 34.7. The fraction of sp³-hybridized carbons (Fsp3) is 0.362. The number of rotatable bonds is 22. The molecule has 0 aliphatic rings. The molecule has 0 spiro atoms. The molecule has 0 aliphatic heterocycles. The van der Waals surface area contributed by atoms with Crippen molar-refractivity contribution in [2.75, 3.05) is 0 Å². The number of hydrogen-bond acceptors (Lipinski definition) is 7. The van der Waals surface area contributed by atoms with E-state index < -0.39 is 77.7 Å². The Balaban J connectivity index is 1.61. The van der Waals surface area contributed by atoms with Gasteiger partial charge in [-0.1, -0.05) is 149 Å². The summed E-state index contributed by atoms with van der Waals surface area (Å²) in [5, 5.41) is 24.7. The van der Waals surface area contributed by atoms with Crippen molar-refractivity contribution in [3.05, 3.63) is 144 Å². The normalized spacial score (nSPS) is 14.1. The maximum atomic E-state index is 14.4. The highest BCUT2D eigenvalue weighted by atomic mass is 16.3. The van der Waals surface area contributed by atoms with Gasteiger partial charge in [-0.25, -0.2) is 0 Å². The molecule has 6 amide bonds. The first-order chi connectivity index (χ1) is 28.7. The van der Waals surface area contributed by atoms with E-state index in [1.807, 2.05) is 38.1 Å². The van der Waals surface area contributed by atoms with Crippen molar-refractivity contribution in [1.29, 1.82) is 0 Å². The van der Waals surface area contributed by atoms with Gasteiger partial charge in [0, 0.05) is 25.7 Å². The molecule has 0 saturated carbocycles. The van der Waals surface area contributed by atoms with E-state index in [0.717, 1.165) is 16.7 Å². The maximum absolute atomic E-state index is 14.4. The third kappa shape index (κ3) is 15.1. The third-order valence-corrected chi connectivity index (χ3v) is 9.94. The molecule has 13 heteroatoms. The summed E-state index contributed by atoms with van der Waals surface area (Å²) in [6.45, 7) is 7.28. The Morgan fingerprint density at radius 3 is 1.10 bits per heavy atom. The second kappa shape index (κ2) is 23.3. The molecule has 0 heterocycles. The number of amides is 6. The van der Waals surface area contributed by atoms with Gasteiger partial charge in [-0.05, 0) is 40.5 Å². The lowest BCUT2D eigenvalue weighted by molar-refractivity contribution is -0.136. The number of benzene rings is 4. The first-order valence-corrected chi connectivity index (χ1v) is 20.3. The largest absolute Gasteiger partial charge is 0.383 e. The number of nitrogens with two attached hydrogens (primary N) is 1. The Bertz CT molecular complexity index is 2000. The predicted octanol–water partition coefficient (Wildman–Crippen LogP) is 2.93. The summed E-state index contributed by atoms with van der Waals surface area (Å²) in [6, 6.07) is 30.4. The minimum atomic E-state index is -1.45. The third-order valence-electron chi connectivity index (χ3n) is 9.94. The van der Waals surface area contributed by atoms with Crippen LogP contribution in [-0.4, -0.2) is 76.9 Å². The number of carbonyl (C=O) groups excluding carboxylic acids is 6. The SMILES string of the molecule is CC(C)C[C@@H](NC(=O)[C@H](NC(=O)[C@@H](Cc1ccccc1)NC(=O)[C@@H](Cc1ccccc1)NC(=O)[C@@H](Cc1ccccc1)NC(=O)C(O)Cc1ccccc1)C(C)C)C(N)=O. The van der Waals surface area contributed by atoms with Crippen molar-refractivity contribution in [2.24, 2.45) is 17.6 Å². The quantitative estimate of drug-likeness (QED) is 0.0631. The van der Waals surface area contributed by atoms with Crippen molar-refractivity contribution in [1.82, 2.24) is 26.6 Å². The van der Waals surface area contributed by atoms with Crippen LogP contribution in [-0.2, 0) is 54.5 Å². The van der Waals surface area contributed by atoms with E-state index in [0.29, 0.717) is 12.0 Å². The lowest BCUT2D eigenvalue weighted by Gasteiger charge is -2.29. The fourth-order valence-electron chi connectivity index (χ4n) is 6.69. The molecule has 13 nitrogen and oxygen atoms in total. The number of aliphatic hydroxyl groups excluding tert-OH is 1. The van der Waals surface area contributed by atoms with E-state index in [4.69, 9.17) is 5.73 Å². The van der Waals surface area contributed by atoms with Crippen LogP contribution in [0.25, 0.3) is 0 Å². The van der Waals surface area contributed by atoms with E-state index in [-0.39, 0.29) is 31.6 Å². The zero-order valence-electron chi connectivity index (χ0n) is 34.7. The summed E-state index contributed by atoms with van der Waals surface area (Å²) in [6.07, 6.45) is -0.985. The zero-order chi connectivity index (χ0) is 43.6. The van der Waals surface area contributed by atoms with Crippen LogP contribution in [0, 0.1) is 11.8 Å². The molecule has 1 unspecified atom stereocenters. The van der Waals surface area contributed by atoms with E-state index in [1.54, 1.807) is 111 Å². The van der Waals surface area contributed by atoms with Gasteiger partial charge in [0.15, 0.2) is 0 Å². The van der Waals surface area contributed by atoms with Gasteiger partial charge in [-0.15, -0.1) is 0 Å². The summed E-state index contributed by atoms with van der Waals surface area (Å²) >= 11 is 0. The molecule has 4 aromatic carbocycles. The highest BCUT2D eigenvalue weighted by molar-refractivity contribution is 5.97. The maximum Gasteiger partial charge on any atom is 0.249 e. The average molecular weight is 819 g/mol. The highest BCUT2D eigenvalue weighted by Gasteiger charge is 2.34. The van der Waals surface area contributed by atoms with Gasteiger partial charge in [0.2, 0.25) is 35.4 Å². The predicted molar refractivity (Wildman–Crippen MR) is 230 cm³/mol. The lowest BCUT2D eigenvalue weighted by Crippen LogP contribution is -2.61. The molecular weight excluding hydrogens is 761 g/mol. The number of primary amides is 1. The van der Waals surface area contributed by atoms with Crippen LogP contribution in [0.3, 0.4) is 0 Å². The molecule has 0 radical (unpaired) electrons. The Hall–Kier alpha value is -6.34. The standard InChI is InChI=1S/C47H58N6O7/c1-30(2)25-36(42(48)55)49-47(60)41(31(3)4)53-45(58)39(28-34-21-13-7-14-22-34)51-43(56)37(26-32-17-9-5-10-18-32)50-44(57)38(27-33-19-11-6-12-20-33)52-46(59)40(54)29-35-23-15-8-16-24-35/h5-24,30-31,36-41,54H,25-29H2,1-4H3,(H2,48,55)(H,49,60)(H,50,57)(H,51,56)(H,52,59)(H,53,58)/t36-,37-,38-,39-,40?,41-/m1/s1. The summed E-state index contributed by atoms with van der Waals surface area (Å²) in [7, 11) is 0. The van der Waals surface area contributed by atoms with Gasteiger partial charge in [0.1, 0.15) is 36.3 Å². The minimum absolute atomic E-state index is 0.0270. The molecule has 318 valence electrons. The second-order valence-corrected chi connectivity index (χ2v) is 15.8. The Kier molecular flexibility index (Phi) is 18.0. The molecule has 6 atom stereocenters. The smallest absolute Gasteiger partial charge is 0.249 e. The van der Waals surface area contributed by atoms with Crippen LogP contribution in [0.5, 0.6) is 0 Å². The summed E-state index contributed by atoms with van der Waals surface area (Å²) < 4.78 is 0. The van der Waals surface area contributed by atoms with Crippen LogP contribution in [0.4, 0.5) is 0 Å². The van der Waals surface area contributed by atoms with Crippen molar-refractivity contribution in [3.8, 4) is 0 Å². The Morgan fingerprint density at radius 2 is 0.767 bits per heavy atom. The molecule has 0 saturated heterocycles. The second-order valence-electron chi connectivity index (χ2n) is 15.8. The topological polar surface area (TPSA) is 209 Å². The number of nitrogens with one attached hydrogen (secondary N) is 5.